The molecule has 6 heteroatoms. The van der Waals surface area contributed by atoms with Crippen LogP contribution in [-0.2, 0) is 7.05 Å². The van der Waals surface area contributed by atoms with E-state index < -0.39 is 0 Å². The van der Waals surface area contributed by atoms with Crippen molar-refractivity contribution in [3.8, 4) is 0 Å². The first kappa shape index (κ1) is 15.2. The van der Waals surface area contributed by atoms with Gasteiger partial charge in [-0.3, -0.25) is 14.4 Å². The number of ketones is 1. The molecule has 0 saturated carbocycles. The molecule has 2 aromatic heterocycles. The Kier molecular flexibility index (Phi) is 4.70. The van der Waals surface area contributed by atoms with E-state index >= 15 is 0 Å². The standard InChI is InChI=1S/C15H16N2O3S/c1-10(8-12(18)13-4-3-7-21-13)16-15(20)11-5-6-17(2)14(19)9-11/h3-7,9-10H,8H2,1-2H3,(H,16,20). The van der Waals surface area contributed by atoms with Crippen molar-refractivity contribution in [2.24, 2.45) is 7.05 Å². The molecule has 0 radical (unpaired) electrons. The maximum Gasteiger partial charge on any atom is 0.251 e. The Bertz CT molecular complexity index is 704. The van der Waals surface area contributed by atoms with Crippen molar-refractivity contribution in [1.82, 2.24) is 9.88 Å². The van der Waals surface area contributed by atoms with E-state index in [0.717, 1.165) is 0 Å². The van der Waals surface area contributed by atoms with E-state index in [2.05, 4.69) is 5.32 Å². The zero-order valence-corrected chi connectivity index (χ0v) is 12.6. The van der Waals surface area contributed by atoms with E-state index in [-0.39, 0.29) is 29.7 Å². The quantitative estimate of drug-likeness (QED) is 0.857. The number of hydrogen-bond acceptors (Lipinski definition) is 4. The Morgan fingerprint density at radius 1 is 1.38 bits per heavy atom. The number of thiophene rings is 1. The maximum absolute atomic E-state index is 12.0. The van der Waals surface area contributed by atoms with Gasteiger partial charge in [-0.05, 0) is 24.4 Å². The van der Waals surface area contributed by atoms with E-state index in [9.17, 15) is 14.4 Å². The number of pyridine rings is 1. The van der Waals surface area contributed by atoms with Gasteiger partial charge in [0.25, 0.3) is 11.5 Å². The van der Waals surface area contributed by atoms with Crippen LogP contribution in [0.2, 0.25) is 0 Å². The van der Waals surface area contributed by atoms with Crippen LogP contribution in [0.15, 0.2) is 40.6 Å². The molecule has 0 aliphatic heterocycles. The highest BCUT2D eigenvalue weighted by atomic mass is 32.1. The van der Waals surface area contributed by atoms with E-state index in [4.69, 9.17) is 0 Å². The summed E-state index contributed by atoms with van der Waals surface area (Å²) in [7, 11) is 1.62. The number of nitrogens with zero attached hydrogens (tertiary/aromatic N) is 1. The summed E-state index contributed by atoms with van der Waals surface area (Å²) in [4.78, 5) is 36.1. The molecule has 0 fully saturated rings. The molecular formula is C15H16N2O3S. The molecule has 1 atom stereocenters. The third-order valence-electron chi connectivity index (χ3n) is 3.03. The first-order valence-electron chi connectivity index (χ1n) is 6.51. The summed E-state index contributed by atoms with van der Waals surface area (Å²) >= 11 is 1.39. The summed E-state index contributed by atoms with van der Waals surface area (Å²) < 4.78 is 1.39. The highest BCUT2D eigenvalue weighted by Gasteiger charge is 2.15. The van der Waals surface area contributed by atoms with Gasteiger partial charge in [-0.15, -0.1) is 11.3 Å². The van der Waals surface area contributed by atoms with Crippen LogP contribution in [0.1, 0.15) is 33.4 Å². The third-order valence-corrected chi connectivity index (χ3v) is 3.94. The number of carbonyl (C=O) groups excluding carboxylic acids is 2. The number of aryl methyl sites for hydroxylation is 1. The number of amides is 1. The van der Waals surface area contributed by atoms with Crippen molar-refractivity contribution < 1.29 is 9.59 Å². The molecule has 2 heterocycles. The summed E-state index contributed by atoms with van der Waals surface area (Å²) in [5.74, 6) is -0.346. The van der Waals surface area contributed by atoms with Crippen LogP contribution in [0.3, 0.4) is 0 Å². The largest absolute Gasteiger partial charge is 0.349 e. The van der Waals surface area contributed by atoms with Gasteiger partial charge in [-0.2, -0.15) is 0 Å². The predicted octanol–water partition coefficient (Wildman–Crippen LogP) is 1.84. The molecule has 0 aliphatic carbocycles. The zero-order valence-electron chi connectivity index (χ0n) is 11.8. The van der Waals surface area contributed by atoms with Gasteiger partial charge in [0, 0.05) is 37.3 Å². The summed E-state index contributed by atoms with van der Waals surface area (Å²) in [6.45, 7) is 1.77. The minimum atomic E-state index is -0.348. The summed E-state index contributed by atoms with van der Waals surface area (Å²) in [6, 6.07) is 6.15. The predicted molar refractivity (Wildman–Crippen MR) is 81.9 cm³/mol. The third kappa shape index (κ3) is 3.88. The van der Waals surface area contributed by atoms with Gasteiger partial charge in [-0.25, -0.2) is 0 Å². The number of nitrogens with one attached hydrogen (secondary N) is 1. The van der Waals surface area contributed by atoms with Crippen LogP contribution < -0.4 is 10.9 Å². The smallest absolute Gasteiger partial charge is 0.251 e. The fourth-order valence-corrected chi connectivity index (χ4v) is 2.54. The second kappa shape index (κ2) is 6.49. The van der Waals surface area contributed by atoms with Gasteiger partial charge in [0.05, 0.1) is 4.88 Å². The zero-order chi connectivity index (χ0) is 15.4. The van der Waals surface area contributed by atoms with Crippen molar-refractivity contribution in [3.63, 3.8) is 0 Å². The van der Waals surface area contributed by atoms with Gasteiger partial charge in [0.15, 0.2) is 5.78 Å². The van der Waals surface area contributed by atoms with Crippen LogP contribution in [0, 0.1) is 0 Å². The Morgan fingerprint density at radius 3 is 2.76 bits per heavy atom. The molecule has 5 nitrogen and oxygen atoms in total. The van der Waals surface area contributed by atoms with Gasteiger partial charge in [0.1, 0.15) is 0 Å². The SMILES string of the molecule is CC(CC(=O)c1cccs1)NC(=O)c1ccn(C)c(=O)c1. The lowest BCUT2D eigenvalue weighted by molar-refractivity contribution is 0.0919. The first-order valence-corrected chi connectivity index (χ1v) is 7.39. The van der Waals surface area contributed by atoms with E-state index in [0.29, 0.717) is 10.4 Å². The van der Waals surface area contributed by atoms with Crippen LogP contribution in [0.25, 0.3) is 0 Å². The molecule has 0 saturated heterocycles. The van der Waals surface area contributed by atoms with Gasteiger partial charge in [0.2, 0.25) is 0 Å². The van der Waals surface area contributed by atoms with E-state index in [1.807, 2.05) is 11.4 Å². The minimum absolute atomic E-state index is 0.00164. The average Bonchev–Trinajstić information content (AvgIpc) is 2.95. The lowest BCUT2D eigenvalue weighted by Crippen LogP contribution is -2.35. The molecule has 0 bridgehead atoms. The molecule has 1 unspecified atom stereocenters. The minimum Gasteiger partial charge on any atom is -0.349 e. The average molecular weight is 304 g/mol. The van der Waals surface area contributed by atoms with Crippen LogP contribution >= 0.6 is 11.3 Å². The lowest BCUT2D eigenvalue weighted by Gasteiger charge is -2.12. The van der Waals surface area contributed by atoms with Crippen LogP contribution in [0.4, 0.5) is 0 Å². The molecule has 1 N–H and O–H groups in total. The highest BCUT2D eigenvalue weighted by molar-refractivity contribution is 7.12. The topological polar surface area (TPSA) is 68.2 Å². The summed E-state index contributed by atoms with van der Waals surface area (Å²) in [6.07, 6.45) is 1.77. The van der Waals surface area contributed by atoms with Crippen LogP contribution in [-0.4, -0.2) is 22.3 Å². The van der Waals surface area contributed by atoms with Crippen LogP contribution in [0.5, 0.6) is 0 Å². The number of rotatable bonds is 5. The lowest BCUT2D eigenvalue weighted by atomic mass is 10.1. The molecule has 2 rings (SSSR count). The van der Waals surface area contributed by atoms with Crippen molar-refractivity contribution in [1.29, 1.82) is 0 Å². The summed E-state index contributed by atoms with van der Waals surface area (Å²) in [5, 5.41) is 4.58. The Labute approximate surface area is 126 Å². The van der Waals surface area contributed by atoms with Gasteiger partial charge >= 0.3 is 0 Å². The molecule has 2 aromatic rings. The molecule has 0 spiro atoms. The van der Waals surface area contributed by atoms with Crippen molar-refractivity contribution in [2.45, 2.75) is 19.4 Å². The van der Waals surface area contributed by atoms with Gasteiger partial charge < -0.3 is 9.88 Å². The van der Waals surface area contributed by atoms with E-state index in [1.165, 1.54) is 22.0 Å². The first-order chi connectivity index (χ1) is 9.97. The molecule has 21 heavy (non-hydrogen) atoms. The number of aromatic nitrogens is 1. The van der Waals surface area contributed by atoms with Crippen molar-refractivity contribution in [3.05, 3.63) is 56.6 Å². The number of Topliss-reactive ketones (excluding diaryl/α,β-unsaturated/α-hetero) is 1. The number of hydrogen-bond donors (Lipinski definition) is 1. The Hall–Kier alpha value is -2.21. The molecular weight excluding hydrogens is 288 g/mol. The van der Waals surface area contributed by atoms with Gasteiger partial charge in [-0.1, -0.05) is 6.07 Å². The highest BCUT2D eigenvalue weighted by Crippen LogP contribution is 2.12. The monoisotopic (exact) mass is 304 g/mol. The molecule has 0 aliphatic rings. The van der Waals surface area contributed by atoms with E-state index in [1.54, 1.807) is 32.3 Å². The Morgan fingerprint density at radius 2 is 2.14 bits per heavy atom. The molecule has 110 valence electrons. The second-order valence-corrected chi connectivity index (χ2v) is 5.79. The molecule has 1 amide bonds. The molecule has 0 aromatic carbocycles. The summed E-state index contributed by atoms with van der Waals surface area (Å²) in [5.41, 5.74) is 0.0542. The normalized spacial score (nSPS) is 11.9. The maximum atomic E-state index is 12.0. The van der Waals surface area contributed by atoms with Crippen molar-refractivity contribution in [2.75, 3.05) is 0 Å². The van der Waals surface area contributed by atoms with Crippen molar-refractivity contribution >= 4 is 23.0 Å². The Balaban J connectivity index is 1.97. The number of carbonyl (C=O) groups is 2. The second-order valence-electron chi connectivity index (χ2n) is 4.84. The fourth-order valence-electron chi connectivity index (χ4n) is 1.86. The fraction of sp³-hybridized carbons (Fsp3) is 0.267.